The van der Waals surface area contributed by atoms with Gasteiger partial charge in [-0.1, -0.05) is 43.5 Å². The third kappa shape index (κ3) is 5.21. The van der Waals surface area contributed by atoms with Crippen LogP contribution in [0.4, 0.5) is 0 Å². The number of likely N-dealkylation sites (tertiary alicyclic amines) is 1. The fraction of sp³-hybridized carbons (Fsp3) is 0.720. The van der Waals surface area contributed by atoms with Gasteiger partial charge in [0, 0.05) is 25.8 Å². The van der Waals surface area contributed by atoms with Crippen molar-refractivity contribution in [2.45, 2.75) is 76.2 Å². The van der Waals surface area contributed by atoms with Gasteiger partial charge in [-0.2, -0.15) is 0 Å². The van der Waals surface area contributed by atoms with Crippen LogP contribution in [0.1, 0.15) is 74.8 Å². The highest BCUT2D eigenvalue weighted by Crippen LogP contribution is 2.36. The molecular weight excluding hydrogens is 360 g/mol. The topological polar surface area (TPSA) is 41.6 Å². The molecule has 2 saturated heterocycles. The molecule has 1 amide bonds. The van der Waals surface area contributed by atoms with Crippen LogP contribution in [0.25, 0.3) is 0 Å². The lowest BCUT2D eigenvalue weighted by atomic mass is 9.73. The second-order valence-corrected chi connectivity index (χ2v) is 9.72. The predicted molar refractivity (Wildman–Crippen MR) is 117 cm³/mol. The molecule has 0 spiro atoms. The molecule has 29 heavy (non-hydrogen) atoms. The highest BCUT2D eigenvalue weighted by molar-refractivity contribution is 5.83. The minimum atomic E-state index is -0.308. The average Bonchev–Trinajstić information content (AvgIpc) is 2.75. The number of nitrogens with one attached hydrogen (secondary N) is 1. The van der Waals surface area contributed by atoms with Gasteiger partial charge in [0.1, 0.15) is 0 Å². The number of hydrogen-bond acceptors (Lipinski definition) is 3. The van der Waals surface area contributed by atoms with E-state index in [1.165, 1.54) is 49.8 Å². The molecule has 160 valence electrons. The van der Waals surface area contributed by atoms with Crippen LogP contribution in [0.15, 0.2) is 24.3 Å². The first-order valence-corrected chi connectivity index (χ1v) is 11.8. The van der Waals surface area contributed by atoms with Gasteiger partial charge in [0.05, 0.1) is 5.41 Å². The number of benzene rings is 1. The summed E-state index contributed by atoms with van der Waals surface area (Å²) in [5, 5.41) is 3.43. The van der Waals surface area contributed by atoms with Crippen molar-refractivity contribution in [1.29, 1.82) is 0 Å². The Kier molecular flexibility index (Phi) is 6.92. The highest BCUT2D eigenvalue weighted by Gasteiger charge is 2.41. The molecule has 4 heteroatoms. The number of amides is 1. The van der Waals surface area contributed by atoms with E-state index in [-0.39, 0.29) is 11.3 Å². The Morgan fingerprint density at radius 1 is 1.14 bits per heavy atom. The SMILES string of the molecule is CN1CCC[C@@H](c2cccc(CC3(C(=O)NC4CCCCC4)CCOCC3)c2)C1. The van der Waals surface area contributed by atoms with Crippen molar-refractivity contribution in [2.75, 3.05) is 33.4 Å². The Morgan fingerprint density at radius 3 is 2.69 bits per heavy atom. The lowest BCUT2D eigenvalue weighted by Crippen LogP contribution is -2.49. The van der Waals surface area contributed by atoms with Crippen molar-refractivity contribution in [1.82, 2.24) is 10.2 Å². The van der Waals surface area contributed by atoms with Gasteiger partial charge in [-0.15, -0.1) is 0 Å². The molecule has 3 fully saturated rings. The fourth-order valence-corrected chi connectivity index (χ4v) is 5.62. The third-order valence-electron chi connectivity index (χ3n) is 7.46. The Bertz CT molecular complexity index is 677. The largest absolute Gasteiger partial charge is 0.381 e. The van der Waals surface area contributed by atoms with E-state index < -0.39 is 0 Å². The molecule has 1 atom stereocenters. The fourth-order valence-electron chi connectivity index (χ4n) is 5.62. The van der Waals surface area contributed by atoms with Crippen LogP contribution >= 0.6 is 0 Å². The first-order valence-electron chi connectivity index (χ1n) is 11.8. The Labute approximate surface area is 176 Å². The number of carbonyl (C=O) groups is 1. The molecule has 0 aromatic heterocycles. The van der Waals surface area contributed by atoms with Crippen LogP contribution in [0.3, 0.4) is 0 Å². The van der Waals surface area contributed by atoms with Crippen molar-refractivity contribution in [3.63, 3.8) is 0 Å². The first-order chi connectivity index (χ1) is 14.1. The summed E-state index contributed by atoms with van der Waals surface area (Å²) in [5.74, 6) is 0.894. The van der Waals surface area contributed by atoms with Gasteiger partial charge in [0.25, 0.3) is 0 Å². The average molecular weight is 399 g/mol. The smallest absolute Gasteiger partial charge is 0.226 e. The van der Waals surface area contributed by atoms with E-state index in [0.717, 1.165) is 38.6 Å². The van der Waals surface area contributed by atoms with E-state index in [0.29, 0.717) is 25.2 Å². The summed E-state index contributed by atoms with van der Waals surface area (Å²) in [6, 6.07) is 9.47. The molecule has 2 aliphatic heterocycles. The molecule has 0 unspecified atom stereocenters. The minimum absolute atomic E-state index is 0.274. The zero-order valence-corrected chi connectivity index (χ0v) is 18.1. The van der Waals surface area contributed by atoms with Gasteiger partial charge in [-0.05, 0) is 75.6 Å². The van der Waals surface area contributed by atoms with Crippen LogP contribution in [0.2, 0.25) is 0 Å². The number of hydrogen-bond donors (Lipinski definition) is 1. The minimum Gasteiger partial charge on any atom is -0.381 e. The van der Waals surface area contributed by atoms with E-state index >= 15 is 0 Å². The van der Waals surface area contributed by atoms with Crippen molar-refractivity contribution in [3.05, 3.63) is 35.4 Å². The van der Waals surface area contributed by atoms with Gasteiger partial charge in [0.2, 0.25) is 5.91 Å². The summed E-state index contributed by atoms with van der Waals surface area (Å²) < 4.78 is 5.65. The second-order valence-electron chi connectivity index (χ2n) is 9.72. The molecule has 3 aliphatic rings. The number of nitrogens with zero attached hydrogens (tertiary/aromatic N) is 1. The maximum atomic E-state index is 13.4. The van der Waals surface area contributed by atoms with Crippen molar-refractivity contribution < 1.29 is 9.53 Å². The normalized spacial score (nSPS) is 26.2. The Balaban J connectivity index is 1.49. The molecule has 1 N–H and O–H groups in total. The van der Waals surface area contributed by atoms with Crippen LogP contribution < -0.4 is 5.32 Å². The van der Waals surface area contributed by atoms with E-state index in [1.54, 1.807) is 0 Å². The number of likely N-dealkylation sites (N-methyl/N-ethyl adjacent to an activating group) is 1. The standard InChI is InChI=1S/C25H38N2O2/c1-27-14-6-9-22(19-27)21-8-5-7-20(17-21)18-25(12-15-29-16-13-25)24(28)26-23-10-3-2-4-11-23/h5,7-8,17,22-23H,2-4,6,9-16,18-19H2,1H3,(H,26,28)/t22-/m1/s1. The summed E-state index contributed by atoms with van der Waals surface area (Å²) >= 11 is 0. The molecule has 0 bridgehead atoms. The maximum absolute atomic E-state index is 13.4. The monoisotopic (exact) mass is 398 g/mol. The summed E-state index contributed by atoms with van der Waals surface area (Å²) in [6.45, 7) is 3.75. The highest BCUT2D eigenvalue weighted by atomic mass is 16.5. The van der Waals surface area contributed by atoms with Gasteiger partial charge < -0.3 is 15.0 Å². The van der Waals surface area contributed by atoms with Crippen molar-refractivity contribution in [3.8, 4) is 0 Å². The number of ether oxygens (including phenoxy) is 1. The van der Waals surface area contributed by atoms with E-state index in [9.17, 15) is 4.79 Å². The molecule has 1 saturated carbocycles. The molecule has 1 aliphatic carbocycles. The quantitative estimate of drug-likeness (QED) is 0.805. The van der Waals surface area contributed by atoms with Gasteiger partial charge >= 0.3 is 0 Å². The molecule has 2 heterocycles. The molecule has 1 aromatic rings. The summed E-state index contributed by atoms with van der Waals surface area (Å²) in [5.41, 5.74) is 2.46. The van der Waals surface area contributed by atoms with Gasteiger partial charge in [-0.3, -0.25) is 4.79 Å². The zero-order valence-electron chi connectivity index (χ0n) is 18.1. The Morgan fingerprint density at radius 2 is 1.93 bits per heavy atom. The van der Waals surface area contributed by atoms with Crippen LogP contribution in [-0.4, -0.2) is 50.2 Å². The van der Waals surface area contributed by atoms with Crippen molar-refractivity contribution in [2.24, 2.45) is 5.41 Å². The van der Waals surface area contributed by atoms with Crippen LogP contribution in [0, 0.1) is 5.41 Å². The number of carbonyl (C=O) groups excluding carboxylic acids is 1. The third-order valence-corrected chi connectivity index (χ3v) is 7.46. The van der Waals surface area contributed by atoms with E-state index in [4.69, 9.17) is 4.74 Å². The molecule has 0 radical (unpaired) electrons. The number of rotatable bonds is 5. The van der Waals surface area contributed by atoms with E-state index in [2.05, 4.69) is 41.5 Å². The lowest BCUT2D eigenvalue weighted by Gasteiger charge is -2.38. The molecule has 4 rings (SSSR count). The zero-order chi connectivity index (χ0) is 20.1. The van der Waals surface area contributed by atoms with Gasteiger partial charge in [0.15, 0.2) is 0 Å². The van der Waals surface area contributed by atoms with E-state index in [1.807, 2.05) is 0 Å². The van der Waals surface area contributed by atoms with Crippen LogP contribution in [0.5, 0.6) is 0 Å². The maximum Gasteiger partial charge on any atom is 0.226 e. The molecular formula is C25H38N2O2. The molecule has 4 nitrogen and oxygen atoms in total. The summed E-state index contributed by atoms with van der Waals surface area (Å²) in [6.07, 6.45) is 11.2. The lowest BCUT2D eigenvalue weighted by molar-refractivity contribution is -0.137. The number of piperidine rings is 1. The van der Waals surface area contributed by atoms with Gasteiger partial charge in [-0.25, -0.2) is 0 Å². The predicted octanol–water partition coefficient (Wildman–Crippen LogP) is 4.28. The van der Waals surface area contributed by atoms with Crippen LogP contribution in [-0.2, 0) is 16.0 Å². The molecule has 1 aromatic carbocycles. The summed E-state index contributed by atoms with van der Waals surface area (Å²) in [4.78, 5) is 15.9. The first kappa shape index (κ1) is 20.9. The second kappa shape index (κ2) is 9.61. The Hall–Kier alpha value is -1.39. The van der Waals surface area contributed by atoms with Crippen molar-refractivity contribution >= 4 is 5.91 Å². The summed E-state index contributed by atoms with van der Waals surface area (Å²) in [7, 11) is 2.22.